The van der Waals surface area contributed by atoms with E-state index in [-0.39, 0.29) is 12.2 Å². The van der Waals surface area contributed by atoms with Gasteiger partial charge < -0.3 is 9.47 Å². The van der Waals surface area contributed by atoms with Gasteiger partial charge in [-0.15, -0.1) is 0 Å². The van der Waals surface area contributed by atoms with E-state index in [0.29, 0.717) is 16.0 Å². The van der Waals surface area contributed by atoms with Crippen LogP contribution < -0.4 is 14.9 Å². The van der Waals surface area contributed by atoms with Gasteiger partial charge in [0, 0.05) is 10.0 Å². The molecule has 7 heteroatoms. The van der Waals surface area contributed by atoms with Crippen LogP contribution in [-0.2, 0) is 4.79 Å². The molecule has 0 unspecified atom stereocenters. The number of amides is 1. The van der Waals surface area contributed by atoms with Gasteiger partial charge in [-0.25, -0.2) is 9.82 Å². The Morgan fingerprint density at radius 1 is 1.30 bits per heavy atom. The van der Waals surface area contributed by atoms with E-state index in [1.54, 1.807) is 36.4 Å². The third kappa shape index (κ3) is 5.07. The summed E-state index contributed by atoms with van der Waals surface area (Å²) < 4.78 is 24.6. The van der Waals surface area contributed by atoms with Crippen LogP contribution in [0.4, 0.5) is 4.39 Å². The van der Waals surface area contributed by atoms with E-state index in [2.05, 4.69) is 26.5 Å². The van der Waals surface area contributed by atoms with Crippen molar-refractivity contribution in [3.8, 4) is 11.5 Å². The largest absolute Gasteiger partial charge is 0.493 e. The third-order valence-electron chi connectivity index (χ3n) is 2.78. The minimum atomic E-state index is -0.468. The minimum absolute atomic E-state index is 0.236. The van der Waals surface area contributed by atoms with Crippen molar-refractivity contribution in [2.24, 2.45) is 5.10 Å². The number of nitrogens with zero attached hydrogens (tertiary/aromatic N) is 1. The van der Waals surface area contributed by atoms with Crippen molar-refractivity contribution in [1.82, 2.24) is 5.43 Å². The van der Waals surface area contributed by atoms with Crippen molar-refractivity contribution in [3.05, 3.63) is 58.3 Å². The summed E-state index contributed by atoms with van der Waals surface area (Å²) in [6, 6.07) is 11.5. The number of rotatable bonds is 6. The lowest BCUT2D eigenvalue weighted by Crippen LogP contribution is -2.24. The number of carbonyl (C=O) groups excluding carboxylic acids is 1. The van der Waals surface area contributed by atoms with Gasteiger partial charge in [0.1, 0.15) is 5.82 Å². The number of hydrazone groups is 1. The second-order valence-corrected chi connectivity index (χ2v) is 5.31. The molecule has 1 amide bonds. The first kappa shape index (κ1) is 17.0. The van der Waals surface area contributed by atoms with Crippen molar-refractivity contribution in [2.45, 2.75) is 0 Å². The van der Waals surface area contributed by atoms with Crippen molar-refractivity contribution >= 4 is 28.1 Å². The van der Waals surface area contributed by atoms with Crippen LogP contribution >= 0.6 is 15.9 Å². The Morgan fingerprint density at radius 3 is 2.74 bits per heavy atom. The molecule has 120 valence electrons. The highest BCUT2D eigenvalue weighted by atomic mass is 79.9. The molecule has 2 aromatic rings. The number of methoxy groups -OCH3 is 1. The molecule has 0 aliphatic carbocycles. The molecule has 0 fully saturated rings. The predicted molar refractivity (Wildman–Crippen MR) is 88.3 cm³/mol. The lowest BCUT2D eigenvalue weighted by atomic mass is 10.2. The maximum Gasteiger partial charge on any atom is 0.277 e. The highest BCUT2D eigenvalue weighted by Crippen LogP contribution is 2.25. The summed E-state index contributed by atoms with van der Waals surface area (Å²) in [6.07, 6.45) is 1.22. The highest BCUT2D eigenvalue weighted by Gasteiger charge is 2.06. The van der Waals surface area contributed by atoms with Crippen LogP contribution in [0.25, 0.3) is 0 Å². The Hall–Kier alpha value is -2.41. The fraction of sp³-hybridized carbons (Fsp3) is 0.125. The second kappa shape index (κ2) is 8.28. The van der Waals surface area contributed by atoms with E-state index in [4.69, 9.17) is 9.47 Å². The van der Waals surface area contributed by atoms with Gasteiger partial charge >= 0.3 is 0 Å². The molecule has 0 saturated carbocycles. The van der Waals surface area contributed by atoms with Gasteiger partial charge in [-0.1, -0.05) is 28.1 Å². The number of benzene rings is 2. The summed E-state index contributed by atoms with van der Waals surface area (Å²) in [5, 5.41) is 3.70. The molecule has 0 aliphatic rings. The summed E-state index contributed by atoms with van der Waals surface area (Å²) in [7, 11) is 1.51. The van der Waals surface area contributed by atoms with Crippen molar-refractivity contribution in [2.75, 3.05) is 13.7 Å². The zero-order valence-corrected chi connectivity index (χ0v) is 13.8. The molecular weight excluding hydrogens is 367 g/mol. The Kier molecular flexibility index (Phi) is 6.10. The smallest absolute Gasteiger partial charge is 0.277 e. The number of carbonyl (C=O) groups is 1. The van der Waals surface area contributed by atoms with E-state index < -0.39 is 11.7 Å². The topological polar surface area (TPSA) is 59.9 Å². The maximum absolute atomic E-state index is 13.6. The van der Waals surface area contributed by atoms with Crippen molar-refractivity contribution in [1.29, 1.82) is 0 Å². The second-order valence-electron chi connectivity index (χ2n) is 4.40. The molecule has 0 saturated heterocycles. The van der Waals surface area contributed by atoms with Crippen LogP contribution in [0.5, 0.6) is 11.5 Å². The zero-order chi connectivity index (χ0) is 16.7. The summed E-state index contributed by atoms with van der Waals surface area (Å²) in [6.45, 7) is -0.236. The number of para-hydroxylation sites is 2. The van der Waals surface area contributed by atoms with E-state index in [0.717, 1.165) is 0 Å². The summed E-state index contributed by atoms with van der Waals surface area (Å²) in [5.41, 5.74) is 2.53. The first-order valence-corrected chi connectivity index (χ1v) is 7.42. The van der Waals surface area contributed by atoms with Crippen LogP contribution in [0.1, 0.15) is 5.56 Å². The number of hydrogen-bond donors (Lipinski definition) is 1. The molecule has 1 N–H and O–H groups in total. The van der Waals surface area contributed by atoms with Crippen molar-refractivity contribution in [3.63, 3.8) is 0 Å². The van der Waals surface area contributed by atoms with Crippen LogP contribution in [0.2, 0.25) is 0 Å². The van der Waals surface area contributed by atoms with Gasteiger partial charge in [-0.2, -0.15) is 5.10 Å². The number of halogens is 2. The average Bonchev–Trinajstić information content (AvgIpc) is 2.55. The van der Waals surface area contributed by atoms with Gasteiger partial charge in [0.15, 0.2) is 18.1 Å². The first-order valence-electron chi connectivity index (χ1n) is 6.63. The van der Waals surface area contributed by atoms with Gasteiger partial charge in [0.05, 0.1) is 13.3 Å². The first-order chi connectivity index (χ1) is 11.1. The number of nitrogens with one attached hydrogen (secondary N) is 1. The SMILES string of the molecule is COc1ccccc1OCC(=O)N/N=C\c1ccc(Br)cc1F. The van der Waals surface area contributed by atoms with Crippen LogP contribution in [0, 0.1) is 5.82 Å². The molecular formula is C16H14BrFN2O3. The average molecular weight is 381 g/mol. The fourth-order valence-corrected chi connectivity index (χ4v) is 2.03. The molecule has 0 bridgehead atoms. The maximum atomic E-state index is 13.6. The van der Waals surface area contributed by atoms with Gasteiger partial charge in [-0.3, -0.25) is 4.79 Å². The highest BCUT2D eigenvalue weighted by molar-refractivity contribution is 9.10. The summed E-state index contributed by atoms with van der Waals surface area (Å²) in [4.78, 5) is 11.7. The van der Waals surface area contributed by atoms with Crippen molar-refractivity contribution < 1.29 is 18.7 Å². The van der Waals surface area contributed by atoms with E-state index >= 15 is 0 Å². The fourth-order valence-electron chi connectivity index (χ4n) is 1.69. The Balaban J connectivity index is 1.86. The van der Waals surface area contributed by atoms with Gasteiger partial charge in [0.25, 0.3) is 5.91 Å². The monoisotopic (exact) mass is 380 g/mol. The summed E-state index contributed by atoms with van der Waals surface area (Å²) in [5.74, 6) is 0.0705. The number of ether oxygens (including phenoxy) is 2. The lowest BCUT2D eigenvalue weighted by Gasteiger charge is -2.09. The molecule has 2 aromatic carbocycles. The molecule has 0 heterocycles. The standard InChI is InChI=1S/C16H14BrFN2O3/c1-22-14-4-2-3-5-15(14)23-10-16(21)20-19-9-11-6-7-12(17)8-13(11)18/h2-9H,10H2,1H3,(H,20,21)/b19-9-. The third-order valence-corrected chi connectivity index (χ3v) is 3.28. The molecule has 2 rings (SSSR count). The summed E-state index contributed by atoms with van der Waals surface area (Å²) >= 11 is 3.16. The van der Waals surface area contributed by atoms with Crippen LogP contribution in [0.15, 0.2) is 52.0 Å². The Labute approximate surface area is 141 Å². The molecule has 0 atom stereocenters. The predicted octanol–water partition coefficient (Wildman–Crippen LogP) is 3.13. The quantitative estimate of drug-likeness (QED) is 0.618. The van der Waals surface area contributed by atoms with E-state index in [1.807, 2.05) is 0 Å². The molecule has 0 aliphatic heterocycles. The zero-order valence-electron chi connectivity index (χ0n) is 12.3. The van der Waals surface area contributed by atoms with Crippen LogP contribution in [-0.4, -0.2) is 25.8 Å². The van der Waals surface area contributed by atoms with Gasteiger partial charge in [0.2, 0.25) is 0 Å². The van der Waals surface area contributed by atoms with Crippen LogP contribution in [0.3, 0.4) is 0 Å². The Morgan fingerprint density at radius 2 is 2.04 bits per heavy atom. The Bertz CT molecular complexity index is 722. The molecule has 23 heavy (non-hydrogen) atoms. The molecule has 0 radical (unpaired) electrons. The molecule has 0 aromatic heterocycles. The van der Waals surface area contributed by atoms with E-state index in [1.165, 1.54) is 19.4 Å². The van der Waals surface area contributed by atoms with Gasteiger partial charge in [-0.05, 0) is 30.3 Å². The molecule has 0 spiro atoms. The number of hydrogen-bond acceptors (Lipinski definition) is 4. The lowest BCUT2D eigenvalue weighted by molar-refractivity contribution is -0.123. The normalized spacial score (nSPS) is 10.6. The molecule has 5 nitrogen and oxygen atoms in total. The minimum Gasteiger partial charge on any atom is -0.493 e. The van der Waals surface area contributed by atoms with E-state index in [9.17, 15) is 9.18 Å².